The van der Waals surface area contributed by atoms with Crippen LogP contribution in [0.2, 0.25) is 0 Å². The Kier molecular flexibility index (Phi) is 5.86. The van der Waals surface area contributed by atoms with Gasteiger partial charge in [-0.3, -0.25) is 0 Å². The zero-order valence-electron chi connectivity index (χ0n) is 18.2. The molecular formula is C22H27N3O6. The molecule has 0 N–H and O–H groups in total. The molecular weight excluding hydrogens is 402 g/mol. The number of hydrogen-bond donors (Lipinski definition) is 0. The number of carbonyl (C=O) groups is 1. The summed E-state index contributed by atoms with van der Waals surface area (Å²) in [5.74, 6) is 1.85. The minimum Gasteiger partial charge on any atom is -0.493 e. The molecule has 0 radical (unpaired) electrons. The van der Waals surface area contributed by atoms with Gasteiger partial charge in [0.1, 0.15) is 12.2 Å². The number of fused-ring (bicyclic) bond motifs is 1. The van der Waals surface area contributed by atoms with Crippen molar-refractivity contribution in [3.63, 3.8) is 0 Å². The standard InChI is InChI=1S/C22H27N3O6/c1-22(2,3)30-21(26)25-10-8-15(9-11-25)28-13-18-23-20(31-24-18)17-12-14-6-5-7-16(27-4)19(14)29-17/h5-7,12,15H,8-11,13H2,1-4H3. The number of ether oxygens (including phenoxy) is 3. The van der Waals surface area contributed by atoms with Crippen LogP contribution < -0.4 is 4.74 Å². The molecule has 0 unspecified atom stereocenters. The largest absolute Gasteiger partial charge is 0.493 e. The summed E-state index contributed by atoms with van der Waals surface area (Å²) in [5.41, 5.74) is 0.138. The minimum atomic E-state index is -0.494. The van der Waals surface area contributed by atoms with Crippen LogP contribution in [-0.4, -0.2) is 53.0 Å². The molecule has 1 amide bonds. The maximum Gasteiger partial charge on any atom is 0.410 e. The number of para-hydroxylation sites is 1. The lowest BCUT2D eigenvalue weighted by molar-refractivity contribution is -0.0190. The summed E-state index contributed by atoms with van der Waals surface area (Å²) in [7, 11) is 1.59. The molecule has 0 aliphatic carbocycles. The van der Waals surface area contributed by atoms with Gasteiger partial charge in [0.2, 0.25) is 0 Å². The van der Waals surface area contributed by atoms with E-state index in [1.165, 1.54) is 0 Å². The summed E-state index contributed by atoms with van der Waals surface area (Å²) in [6.07, 6.45) is 1.20. The van der Waals surface area contributed by atoms with Crippen LogP contribution in [0.3, 0.4) is 0 Å². The molecule has 0 atom stereocenters. The lowest BCUT2D eigenvalue weighted by Gasteiger charge is -2.33. The van der Waals surface area contributed by atoms with Crippen molar-refractivity contribution >= 4 is 17.1 Å². The third-order valence-corrected chi connectivity index (χ3v) is 4.95. The summed E-state index contributed by atoms with van der Waals surface area (Å²) < 4.78 is 27.9. The van der Waals surface area contributed by atoms with Crippen LogP contribution in [0, 0.1) is 0 Å². The van der Waals surface area contributed by atoms with Crippen molar-refractivity contribution in [2.45, 2.75) is 51.9 Å². The smallest absolute Gasteiger partial charge is 0.410 e. The summed E-state index contributed by atoms with van der Waals surface area (Å²) in [6.45, 7) is 7.01. The second-order valence-electron chi connectivity index (χ2n) is 8.48. The van der Waals surface area contributed by atoms with Crippen molar-refractivity contribution in [2.24, 2.45) is 0 Å². The number of amides is 1. The van der Waals surface area contributed by atoms with Crippen LogP contribution in [0.15, 0.2) is 33.2 Å². The topological polar surface area (TPSA) is 100 Å². The highest BCUT2D eigenvalue weighted by atomic mass is 16.6. The molecule has 1 aliphatic heterocycles. The van der Waals surface area contributed by atoms with Crippen molar-refractivity contribution in [3.8, 4) is 17.4 Å². The number of likely N-dealkylation sites (tertiary alicyclic amines) is 1. The molecule has 9 nitrogen and oxygen atoms in total. The van der Waals surface area contributed by atoms with Crippen molar-refractivity contribution in [2.75, 3.05) is 20.2 Å². The monoisotopic (exact) mass is 429 g/mol. The number of piperidine rings is 1. The number of methoxy groups -OCH3 is 1. The number of nitrogens with zero attached hydrogens (tertiary/aromatic N) is 3. The van der Waals surface area contributed by atoms with Gasteiger partial charge in [-0.15, -0.1) is 0 Å². The van der Waals surface area contributed by atoms with Crippen LogP contribution in [-0.2, 0) is 16.1 Å². The number of rotatable bonds is 5. The van der Waals surface area contributed by atoms with E-state index in [4.69, 9.17) is 23.2 Å². The molecule has 0 saturated carbocycles. The second-order valence-corrected chi connectivity index (χ2v) is 8.48. The number of benzene rings is 1. The fraction of sp³-hybridized carbons (Fsp3) is 0.500. The second kappa shape index (κ2) is 8.58. The van der Waals surface area contributed by atoms with Crippen molar-refractivity contribution in [1.29, 1.82) is 0 Å². The molecule has 2 aromatic heterocycles. The van der Waals surface area contributed by atoms with E-state index in [2.05, 4.69) is 10.1 Å². The van der Waals surface area contributed by atoms with Crippen LogP contribution in [0.5, 0.6) is 5.75 Å². The van der Waals surface area contributed by atoms with Gasteiger partial charge in [0.15, 0.2) is 22.9 Å². The zero-order valence-corrected chi connectivity index (χ0v) is 18.2. The van der Waals surface area contributed by atoms with Gasteiger partial charge >= 0.3 is 6.09 Å². The first-order valence-electron chi connectivity index (χ1n) is 10.3. The SMILES string of the molecule is COc1cccc2cc(-c3nc(COC4CCN(C(=O)OC(C)(C)C)CC4)no3)oc12. The Bertz CT molecular complexity index is 1040. The van der Waals surface area contributed by atoms with E-state index in [-0.39, 0.29) is 24.7 Å². The van der Waals surface area contributed by atoms with Crippen LogP contribution in [0.1, 0.15) is 39.4 Å². The van der Waals surface area contributed by atoms with E-state index in [1.54, 1.807) is 12.0 Å². The highest BCUT2D eigenvalue weighted by Gasteiger charge is 2.27. The Morgan fingerprint density at radius 1 is 1.26 bits per heavy atom. The van der Waals surface area contributed by atoms with E-state index in [1.807, 2.05) is 45.0 Å². The van der Waals surface area contributed by atoms with Crippen molar-refractivity contribution < 1.29 is 27.9 Å². The lowest BCUT2D eigenvalue weighted by Crippen LogP contribution is -2.43. The highest BCUT2D eigenvalue weighted by molar-refractivity contribution is 5.86. The van der Waals surface area contributed by atoms with Gasteiger partial charge in [0.05, 0.1) is 13.2 Å². The molecule has 0 bridgehead atoms. The first-order valence-corrected chi connectivity index (χ1v) is 10.3. The van der Waals surface area contributed by atoms with E-state index in [9.17, 15) is 4.79 Å². The zero-order chi connectivity index (χ0) is 22.0. The van der Waals surface area contributed by atoms with Crippen LogP contribution in [0.25, 0.3) is 22.6 Å². The van der Waals surface area contributed by atoms with Gasteiger partial charge in [0.25, 0.3) is 5.89 Å². The summed E-state index contributed by atoms with van der Waals surface area (Å²) >= 11 is 0. The van der Waals surface area contributed by atoms with Gasteiger partial charge < -0.3 is 28.1 Å². The Morgan fingerprint density at radius 3 is 2.74 bits per heavy atom. The van der Waals surface area contributed by atoms with Gasteiger partial charge in [0, 0.05) is 18.5 Å². The first-order chi connectivity index (χ1) is 14.8. The van der Waals surface area contributed by atoms with E-state index >= 15 is 0 Å². The van der Waals surface area contributed by atoms with E-state index in [0.29, 0.717) is 36.0 Å². The molecule has 166 valence electrons. The Morgan fingerprint density at radius 2 is 2.03 bits per heavy atom. The van der Waals surface area contributed by atoms with Gasteiger partial charge in [-0.2, -0.15) is 4.98 Å². The maximum absolute atomic E-state index is 12.2. The molecule has 31 heavy (non-hydrogen) atoms. The number of hydrogen-bond acceptors (Lipinski definition) is 8. The fourth-order valence-corrected chi connectivity index (χ4v) is 3.44. The molecule has 1 saturated heterocycles. The normalized spacial score (nSPS) is 15.4. The Balaban J connectivity index is 1.31. The maximum atomic E-state index is 12.2. The first kappa shape index (κ1) is 21.2. The minimum absolute atomic E-state index is 0.0242. The molecule has 1 aromatic carbocycles. The summed E-state index contributed by atoms with van der Waals surface area (Å²) in [4.78, 5) is 18.2. The summed E-state index contributed by atoms with van der Waals surface area (Å²) in [6, 6.07) is 7.48. The van der Waals surface area contributed by atoms with E-state index < -0.39 is 5.60 Å². The van der Waals surface area contributed by atoms with Crippen molar-refractivity contribution in [3.05, 3.63) is 30.1 Å². The number of furan rings is 1. The quantitative estimate of drug-likeness (QED) is 0.588. The van der Waals surface area contributed by atoms with Gasteiger partial charge in [-0.05, 0) is 45.7 Å². The Hall–Kier alpha value is -3.07. The molecule has 3 aromatic rings. The molecule has 0 spiro atoms. The predicted octanol–water partition coefficient (Wildman–Crippen LogP) is 4.41. The van der Waals surface area contributed by atoms with Gasteiger partial charge in [-0.25, -0.2) is 4.79 Å². The van der Waals surface area contributed by atoms with E-state index in [0.717, 1.165) is 18.2 Å². The number of carbonyl (C=O) groups excluding carboxylic acids is 1. The number of aromatic nitrogens is 2. The van der Waals surface area contributed by atoms with Crippen molar-refractivity contribution in [1.82, 2.24) is 15.0 Å². The fourth-order valence-electron chi connectivity index (χ4n) is 3.44. The molecule has 4 rings (SSSR count). The highest BCUT2D eigenvalue weighted by Crippen LogP contribution is 2.32. The average molecular weight is 429 g/mol. The third kappa shape index (κ3) is 4.99. The summed E-state index contributed by atoms with van der Waals surface area (Å²) in [5, 5.41) is 4.88. The molecule has 1 fully saturated rings. The van der Waals surface area contributed by atoms with Crippen LogP contribution in [0.4, 0.5) is 4.79 Å². The average Bonchev–Trinajstić information content (AvgIpc) is 3.38. The predicted molar refractivity (Wildman–Crippen MR) is 112 cm³/mol. The van der Waals surface area contributed by atoms with Crippen LogP contribution >= 0.6 is 0 Å². The van der Waals surface area contributed by atoms with Gasteiger partial charge in [-0.1, -0.05) is 17.3 Å². The third-order valence-electron chi connectivity index (χ3n) is 4.95. The lowest BCUT2D eigenvalue weighted by atomic mass is 10.1. The Labute approximate surface area is 180 Å². The molecule has 9 heteroatoms. The molecule has 3 heterocycles. The molecule has 1 aliphatic rings.